The second-order valence-electron chi connectivity index (χ2n) is 4.94. The van der Waals surface area contributed by atoms with Crippen molar-refractivity contribution in [1.29, 1.82) is 0 Å². The number of phenolic OH excluding ortho intramolecular Hbond substituents is 1. The SMILES string of the molecule is NC(=O)c1ccc(CN(c2cnccn2)c2cccnn2)c(O)c1. The van der Waals surface area contributed by atoms with Gasteiger partial charge in [-0.15, -0.1) is 5.10 Å². The number of anilines is 2. The maximum absolute atomic E-state index is 11.2. The molecule has 8 nitrogen and oxygen atoms in total. The van der Waals surface area contributed by atoms with E-state index in [1.807, 2.05) is 0 Å². The van der Waals surface area contributed by atoms with Crippen LogP contribution in [0.3, 0.4) is 0 Å². The molecule has 0 aliphatic rings. The summed E-state index contributed by atoms with van der Waals surface area (Å²) < 4.78 is 0. The number of nitrogens with zero attached hydrogens (tertiary/aromatic N) is 5. The zero-order valence-corrected chi connectivity index (χ0v) is 12.6. The highest BCUT2D eigenvalue weighted by Gasteiger charge is 2.16. The molecule has 2 heterocycles. The lowest BCUT2D eigenvalue weighted by Crippen LogP contribution is -2.19. The van der Waals surface area contributed by atoms with E-state index in [2.05, 4.69) is 20.2 Å². The molecule has 8 heteroatoms. The average Bonchev–Trinajstić information content (AvgIpc) is 2.62. The molecule has 120 valence electrons. The monoisotopic (exact) mass is 322 g/mol. The normalized spacial score (nSPS) is 10.3. The Hall–Kier alpha value is -3.55. The minimum absolute atomic E-state index is 0.0379. The van der Waals surface area contributed by atoms with Crippen LogP contribution < -0.4 is 10.6 Å². The summed E-state index contributed by atoms with van der Waals surface area (Å²) in [5.74, 6) is 0.466. The summed E-state index contributed by atoms with van der Waals surface area (Å²) in [5.41, 5.74) is 6.04. The molecule has 3 rings (SSSR count). The number of rotatable bonds is 5. The first-order valence-corrected chi connectivity index (χ1v) is 7.08. The van der Waals surface area contributed by atoms with Crippen LogP contribution in [0.1, 0.15) is 15.9 Å². The highest BCUT2D eigenvalue weighted by atomic mass is 16.3. The molecule has 0 aliphatic heterocycles. The maximum atomic E-state index is 11.2. The Morgan fingerprint density at radius 2 is 2.04 bits per heavy atom. The topological polar surface area (TPSA) is 118 Å². The predicted octanol–water partition coefficient (Wildman–Crippen LogP) is 1.41. The van der Waals surface area contributed by atoms with Crippen LogP contribution >= 0.6 is 0 Å². The second kappa shape index (κ2) is 6.69. The van der Waals surface area contributed by atoms with Gasteiger partial charge in [-0.2, -0.15) is 5.10 Å². The lowest BCUT2D eigenvalue weighted by atomic mass is 10.1. The largest absolute Gasteiger partial charge is 0.508 e. The Bertz CT molecular complexity index is 802. The van der Waals surface area contributed by atoms with Gasteiger partial charge in [-0.3, -0.25) is 9.78 Å². The minimum Gasteiger partial charge on any atom is -0.508 e. The summed E-state index contributed by atoms with van der Waals surface area (Å²) >= 11 is 0. The van der Waals surface area contributed by atoms with Gasteiger partial charge in [-0.1, -0.05) is 6.07 Å². The number of primary amides is 1. The van der Waals surface area contributed by atoms with Gasteiger partial charge in [0.25, 0.3) is 0 Å². The van der Waals surface area contributed by atoms with Crippen LogP contribution in [-0.4, -0.2) is 31.2 Å². The van der Waals surface area contributed by atoms with Crippen LogP contribution in [-0.2, 0) is 6.54 Å². The van der Waals surface area contributed by atoms with Gasteiger partial charge in [0.2, 0.25) is 5.91 Å². The third kappa shape index (κ3) is 3.27. The summed E-state index contributed by atoms with van der Waals surface area (Å²) in [6.07, 6.45) is 6.28. The molecule has 24 heavy (non-hydrogen) atoms. The Morgan fingerprint density at radius 3 is 2.67 bits per heavy atom. The van der Waals surface area contributed by atoms with E-state index in [-0.39, 0.29) is 17.9 Å². The van der Waals surface area contributed by atoms with E-state index < -0.39 is 5.91 Å². The van der Waals surface area contributed by atoms with Crippen LogP contribution in [0.4, 0.5) is 11.6 Å². The molecular formula is C16H14N6O2. The van der Waals surface area contributed by atoms with Crippen LogP contribution in [0, 0.1) is 0 Å². The summed E-state index contributed by atoms with van der Waals surface area (Å²) in [7, 11) is 0. The summed E-state index contributed by atoms with van der Waals surface area (Å²) in [4.78, 5) is 21.3. The van der Waals surface area contributed by atoms with Crippen molar-refractivity contribution >= 4 is 17.5 Å². The van der Waals surface area contributed by atoms with Crippen LogP contribution in [0.15, 0.2) is 55.1 Å². The van der Waals surface area contributed by atoms with Gasteiger partial charge in [0.05, 0.1) is 12.7 Å². The van der Waals surface area contributed by atoms with E-state index in [9.17, 15) is 9.90 Å². The molecule has 2 aromatic heterocycles. The Balaban J connectivity index is 1.97. The van der Waals surface area contributed by atoms with Crippen LogP contribution in [0.25, 0.3) is 0 Å². The molecule has 1 amide bonds. The van der Waals surface area contributed by atoms with Gasteiger partial charge in [0.1, 0.15) is 5.75 Å². The number of phenols is 1. The molecule has 0 radical (unpaired) electrons. The van der Waals surface area contributed by atoms with Crippen molar-refractivity contribution in [1.82, 2.24) is 20.2 Å². The first-order valence-electron chi connectivity index (χ1n) is 7.08. The number of hydrogen-bond donors (Lipinski definition) is 2. The number of carbonyl (C=O) groups is 1. The minimum atomic E-state index is -0.600. The van der Waals surface area contributed by atoms with Gasteiger partial charge in [0, 0.05) is 29.7 Å². The molecule has 0 saturated heterocycles. The number of aromatic hydroxyl groups is 1. The quantitative estimate of drug-likeness (QED) is 0.729. The predicted molar refractivity (Wildman–Crippen MR) is 86.5 cm³/mol. The number of hydrogen-bond acceptors (Lipinski definition) is 7. The second-order valence-corrected chi connectivity index (χ2v) is 4.94. The van der Waals surface area contributed by atoms with Gasteiger partial charge >= 0.3 is 0 Å². The summed E-state index contributed by atoms with van der Waals surface area (Å²) in [5, 5.41) is 18.1. The fraction of sp³-hybridized carbons (Fsp3) is 0.0625. The fourth-order valence-electron chi connectivity index (χ4n) is 2.17. The van der Waals surface area contributed by atoms with Crippen LogP contribution in [0.2, 0.25) is 0 Å². The molecule has 0 saturated carbocycles. The van der Waals surface area contributed by atoms with Crippen molar-refractivity contribution in [2.75, 3.05) is 4.90 Å². The molecule has 1 aromatic carbocycles. The van der Waals surface area contributed by atoms with E-state index in [0.717, 1.165) is 0 Å². The molecule has 0 spiro atoms. The first-order chi connectivity index (χ1) is 11.6. The zero-order valence-electron chi connectivity index (χ0n) is 12.6. The summed E-state index contributed by atoms with van der Waals surface area (Å²) in [6.45, 7) is 0.266. The van der Waals surface area contributed by atoms with Gasteiger partial charge in [-0.05, 0) is 24.3 Å². The lowest BCUT2D eigenvalue weighted by Gasteiger charge is -2.22. The van der Waals surface area contributed by atoms with Gasteiger partial charge < -0.3 is 15.7 Å². The van der Waals surface area contributed by atoms with Crippen molar-refractivity contribution in [3.63, 3.8) is 0 Å². The molecule has 3 N–H and O–H groups in total. The van der Waals surface area contributed by atoms with Crippen molar-refractivity contribution in [3.8, 4) is 5.75 Å². The number of amides is 1. The molecule has 0 unspecified atom stereocenters. The molecule has 0 fully saturated rings. The standard InChI is InChI=1S/C16H14N6O2/c17-16(24)11-3-4-12(13(23)8-11)10-22(14-2-1-5-20-21-14)15-9-18-6-7-19-15/h1-9,23H,10H2,(H2,17,24). The van der Waals surface area contributed by atoms with Crippen LogP contribution in [0.5, 0.6) is 5.75 Å². The van der Waals surface area contributed by atoms with Crippen molar-refractivity contribution in [2.45, 2.75) is 6.54 Å². The van der Waals surface area contributed by atoms with Crippen molar-refractivity contribution < 1.29 is 9.90 Å². The molecular weight excluding hydrogens is 308 g/mol. The number of aromatic nitrogens is 4. The highest BCUT2D eigenvalue weighted by molar-refractivity contribution is 5.93. The average molecular weight is 322 g/mol. The van der Waals surface area contributed by atoms with Crippen molar-refractivity contribution in [3.05, 3.63) is 66.2 Å². The summed E-state index contributed by atoms with van der Waals surface area (Å²) in [6, 6.07) is 8.06. The van der Waals surface area contributed by atoms with E-state index in [1.165, 1.54) is 6.07 Å². The number of benzene rings is 1. The van der Waals surface area contributed by atoms with E-state index >= 15 is 0 Å². The van der Waals surface area contributed by atoms with Crippen molar-refractivity contribution in [2.24, 2.45) is 5.73 Å². The number of nitrogens with two attached hydrogens (primary N) is 1. The molecule has 0 aliphatic carbocycles. The fourth-order valence-corrected chi connectivity index (χ4v) is 2.17. The third-order valence-electron chi connectivity index (χ3n) is 3.36. The van der Waals surface area contributed by atoms with Gasteiger partial charge in [-0.25, -0.2) is 4.98 Å². The maximum Gasteiger partial charge on any atom is 0.248 e. The van der Waals surface area contributed by atoms with E-state index in [4.69, 9.17) is 5.73 Å². The van der Waals surface area contributed by atoms with E-state index in [0.29, 0.717) is 17.2 Å². The Kier molecular flexibility index (Phi) is 4.28. The Morgan fingerprint density at radius 1 is 1.17 bits per heavy atom. The lowest BCUT2D eigenvalue weighted by molar-refractivity contribution is 0.1000. The third-order valence-corrected chi connectivity index (χ3v) is 3.36. The number of carbonyl (C=O) groups excluding carboxylic acids is 1. The first kappa shape index (κ1) is 15.3. The zero-order chi connectivity index (χ0) is 16.9. The molecule has 0 bridgehead atoms. The molecule has 0 atom stereocenters. The molecule has 3 aromatic rings. The van der Waals surface area contributed by atoms with E-state index in [1.54, 1.807) is 54.0 Å². The smallest absolute Gasteiger partial charge is 0.248 e. The van der Waals surface area contributed by atoms with Gasteiger partial charge in [0.15, 0.2) is 11.6 Å². The Labute approximate surface area is 137 Å². The highest BCUT2D eigenvalue weighted by Crippen LogP contribution is 2.27.